The zero-order valence-corrected chi connectivity index (χ0v) is 8.10. The fraction of sp³-hybridized carbons (Fsp3) is 0.300. The number of aliphatic carboxylic acids is 1. The third kappa shape index (κ3) is 2.98. The molecule has 0 aliphatic rings. The summed E-state index contributed by atoms with van der Waals surface area (Å²) in [5.74, 6) is -3.03. The van der Waals surface area contributed by atoms with Crippen molar-refractivity contribution >= 4 is 5.97 Å². The van der Waals surface area contributed by atoms with E-state index in [0.717, 1.165) is 12.1 Å². The molecule has 2 atom stereocenters. The highest BCUT2D eigenvalue weighted by Crippen LogP contribution is 2.22. The van der Waals surface area contributed by atoms with Gasteiger partial charge in [-0.3, -0.25) is 4.79 Å². The second kappa shape index (κ2) is 5.00. The van der Waals surface area contributed by atoms with E-state index in [9.17, 15) is 23.8 Å². The van der Waals surface area contributed by atoms with Gasteiger partial charge in [0.05, 0.1) is 12.5 Å². The number of aliphatic hydroxyl groups excluding tert-OH is 2. The fourth-order valence-corrected chi connectivity index (χ4v) is 1.24. The van der Waals surface area contributed by atoms with Crippen molar-refractivity contribution in [2.45, 2.75) is 18.6 Å². The molecule has 6 heteroatoms. The van der Waals surface area contributed by atoms with Gasteiger partial charge in [0.1, 0.15) is 17.7 Å². The third-order valence-corrected chi connectivity index (χ3v) is 2.02. The summed E-state index contributed by atoms with van der Waals surface area (Å²) in [5, 5.41) is 27.0. The van der Waals surface area contributed by atoms with E-state index in [-0.39, 0.29) is 0 Å². The highest BCUT2D eigenvalue weighted by atomic mass is 19.1. The predicted octanol–water partition coefficient (Wildman–Crippen LogP) is 0.834. The van der Waals surface area contributed by atoms with E-state index in [1.54, 1.807) is 0 Å². The summed E-state index contributed by atoms with van der Waals surface area (Å²) in [6.07, 6.45) is -4.21. The first-order chi connectivity index (χ1) is 7.41. The van der Waals surface area contributed by atoms with E-state index in [4.69, 9.17) is 5.11 Å². The van der Waals surface area contributed by atoms with Gasteiger partial charge in [0.15, 0.2) is 0 Å². The average Bonchev–Trinajstić information content (AvgIpc) is 2.19. The molecule has 0 heterocycles. The molecule has 0 radical (unpaired) electrons. The minimum atomic E-state index is -1.77. The van der Waals surface area contributed by atoms with Gasteiger partial charge in [-0.1, -0.05) is 0 Å². The molecular formula is C10H10F2O4. The van der Waals surface area contributed by atoms with Gasteiger partial charge in [-0.15, -0.1) is 0 Å². The molecule has 0 bridgehead atoms. The van der Waals surface area contributed by atoms with Crippen molar-refractivity contribution in [3.05, 3.63) is 35.4 Å². The second-order valence-electron chi connectivity index (χ2n) is 3.28. The molecule has 0 aliphatic heterocycles. The van der Waals surface area contributed by atoms with E-state index < -0.39 is 41.8 Å². The maximum absolute atomic E-state index is 13.1. The van der Waals surface area contributed by atoms with Gasteiger partial charge in [0, 0.05) is 5.56 Å². The summed E-state index contributed by atoms with van der Waals surface area (Å²) in [6, 6.07) is 2.36. The minimum absolute atomic E-state index is 0.464. The lowest BCUT2D eigenvalue weighted by atomic mass is 10.0. The molecule has 1 aromatic rings. The summed E-state index contributed by atoms with van der Waals surface area (Å²) in [7, 11) is 0. The van der Waals surface area contributed by atoms with Gasteiger partial charge < -0.3 is 15.3 Å². The Bertz CT molecular complexity index is 394. The Hall–Kier alpha value is -1.53. The van der Waals surface area contributed by atoms with Gasteiger partial charge in [0.2, 0.25) is 0 Å². The second-order valence-corrected chi connectivity index (χ2v) is 3.28. The number of hydrogen-bond acceptors (Lipinski definition) is 3. The van der Waals surface area contributed by atoms with Gasteiger partial charge in [-0.2, -0.15) is 0 Å². The standard InChI is InChI=1S/C10H10F2O4/c11-5-1-2-7(12)6(3-5)10(16)8(13)4-9(14)15/h1-3,8,10,13,16H,4H2,(H,14,15). The van der Waals surface area contributed by atoms with Crippen LogP contribution in [0.2, 0.25) is 0 Å². The van der Waals surface area contributed by atoms with E-state index >= 15 is 0 Å². The van der Waals surface area contributed by atoms with Crippen LogP contribution in [-0.4, -0.2) is 27.4 Å². The van der Waals surface area contributed by atoms with Crippen molar-refractivity contribution in [3.63, 3.8) is 0 Å². The molecule has 3 N–H and O–H groups in total. The van der Waals surface area contributed by atoms with Crippen molar-refractivity contribution in [2.24, 2.45) is 0 Å². The molecule has 0 aromatic heterocycles. The van der Waals surface area contributed by atoms with Gasteiger partial charge >= 0.3 is 5.97 Å². The zero-order valence-electron chi connectivity index (χ0n) is 8.10. The molecule has 0 fully saturated rings. The van der Waals surface area contributed by atoms with Crippen molar-refractivity contribution in [1.82, 2.24) is 0 Å². The molecule has 1 rings (SSSR count). The summed E-state index contributed by atoms with van der Waals surface area (Å²) >= 11 is 0. The van der Waals surface area contributed by atoms with Gasteiger partial charge in [-0.05, 0) is 18.2 Å². The van der Waals surface area contributed by atoms with Crippen molar-refractivity contribution in [2.75, 3.05) is 0 Å². The lowest BCUT2D eigenvalue weighted by Gasteiger charge is -2.16. The van der Waals surface area contributed by atoms with Crippen LogP contribution in [0.5, 0.6) is 0 Å². The first-order valence-corrected chi connectivity index (χ1v) is 4.44. The monoisotopic (exact) mass is 232 g/mol. The van der Waals surface area contributed by atoms with Crippen LogP contribution in [0.3, 0.4) is 0 Å². The lowest BCUT2D eigenvalue weighted by molar-refractivity contribution is -0.141. The summed E-state index contributed by atoms with van der Waals surface area (Å²) in [6.45, 7) is 0. The number of carboxylic acid groups (broad SMARTS) is 1. The number of rotatable bonds is 4. The Morgan fingerprint density at radius 2 is 1.94 bits per heavy atom. The van der Waals surface area contributed by atoms with Gasteiger partial charge in [-0.25, -0.2) is 8.78 Å². The summed E-state index contributed by atoms with van der Waals surface area (Å²) in [5.41, 5.74) is -0.464. The first-order valence-electron chi connectivity index (χ1n) is 4.44. The number of benzene rings is 1. The maximum Gasteiger partial charge on any atom is 0.306 e. The van der Waals surface area contributed by atoms with Crippen LogP contribution in [0.25, 0.3) is 0 Å². The maximum atomic E-state index is 13.1. The number of carboxylic acids is 1. The Morgan fingerprint density at radius 3 is 2.50 bits per heavy atom. The topological polar surface area (TPSA) is 77.8 Å². The Balaban J connectivity index is 2.90. The third-order valence-electron chi connectivity index (χ3n) is 2.02. The fourth-order valence-electron chi connectivity index (χ4n) is 1.24. The molecule has 16 heavy (non-hydrogen) atoms. The molecule has 2 unspecified atom stereocenters. The smallest absolute Gasteiger partial charge is 0.306 e. The van der Waals surface area contributed by atoms with E-state index in [2.05, 4.69) is 0 Å². The quantitative estimate of drug-likeness (QED) is 0.718. The predicted molar refractivity (Wildman–Crippen MR) is 49.6 cm³/mol. The molecule has 0 amide bonds. The molecular weight excluding hydrogens is 222 g/mol. The SMILES string of the molecule is O=C(O)CC(O)C(O)c1cc(F)ccc1F. The first kappa shape index (κ1) is 12.5. The normalized spacial score (nSPS) is 14.5. The Labute approximate surface area is 89.8 Å². The lowest BCUT2D eigenvalue weighted by Crippen LogP contribution is -2.22. The molecule has 0 saturated heterocycles. The van der Waals surface area contributed by atoms with Crippen LogP contribution in [0, 0.1) is 11.6 Å². The zero-order chi connectivity index (χ0) is 12.3. The molecule has 4 nitrogen and oxygen atoms in total. The van der Waals surface area contributed by atoms with E-state index in [1.807, 2.05) is 0 Å². The van der Waals surface area contributed by atoms with Crippen molar-refractivity contribution in [1.29, 1.82) is 0 Å². The van der Waals surface area contributed by atoms with E-state index in [1.165, 1.54) is 0 Å². The highest BCUT2D eigenvalue weighted by molar-refractivity contribution is 5.67. The highest BCUT2D eigenvalue weighted by Gasteiger charge is 2.24. The van der Waals surface area contributed by atoms with Crippen LogP contribution in [-0.2, 0) is 4.79 Å². The summed E-state index contributed by atoms with van der Waals surface area (Å²) < 4.78 is 25.9. The van der Waals surface area contributed by atoms with Crippen LogP contribution in [0.1, 0.15) is 18.1 Å². The average molecular weight is 232 g/mol. The molecule has 0 spiro atoms. The number of carbonyl (C=O) groups is 1. The largest absolute Gasteiger partial charge is 0.481 e. The molecule has 1 aromatic carbocycles. The van der Waals surface area contributed by atoms with E-state index in [0.29, 0.717) is 6.07 Å². The Morgan fingerprint density at radius 1 is 1.31 bits per heavy atom. The van der Waals surface area contributed by atoms with Gasteiger partial charge in [0.25, 0.3) is 0 Å². The number of hydrogen-bond donors (Lipinski definition) is 3. The number of halogens is 2. The molecule has 88 valence electrons. The van der Waals surface area contributed by atoms with Crippen molar-refractivity contribution < 1.29 is 28.9 Å². The molecule has 0 aliphatic carbocycles. The van der Waals surface area contributed by atoms with Crippen LogP contribution < -0.4 is 0 Å². The van der Waals surface area contributed by atoms with Crippen LogP contribution in [0.4, 0.5) is 8.78 Å². The minimum Gasteiger partial charge on any atom is -0.481 e. The van der Waals surface area contributed by atoms with Crippen LogP contribution in [0.15, 0.2) is 18.2 Å². The van der Waals surface area contributed by atoms with Crippen molar-refractivity contribution in [3.8, 4) is 0 Å². The Kier molecular flexibility index (Phi) is 3.92. The summed E-state index contributed by atoms with van der Waals surface area (Å²) in [4.78, 5) is 10.3. The van der Waals surface area contributed by atoms with Crippen LogP contribution >= 0.6 is 0 Å². The molecule has 0 saturated carbocycles. The number of aliphatic hydroxyl groups is 2.